The summed E-state index contributed by atoms with van der Waals surface area (Å²) < 4.78 is 0. The monoisotopic (exact) mass is 322 g/mol. The van der Waals surface area contributed by atoms with Crippen molar-refractivity contribution in [3.05, 3.63) is 0 Å². The van der Waals surface area contributed by atoms with Crippen LogP contribution in [0.4, 0.5) is 0 Å². The van der Waals surface area contributed by atoms with Gasteiger partial charge in [-0.3, -0.25) is 9.59 Å². The first-order valence-corrected chi connectivity index (χ1v) is 7.89. The van der Waals surface area contributed by atoms with E-state index in [2.05, 4.69) is 10.6 Å². The van der Waals surface area contributed by atoms with Crippen molar-refractivity contribution in [1.29, 1.82) is 10.5 Å². The highest BCUT2D eigenvalue weighted by molar-refractivity contribution is 5.77. The van der Waals surface area contributed by atoms with Crippen LogP contribution in [0, 0.1) is 34.5 Å². The molecule has 0 saturated heterocycles. The molecule has 0 fully saturated rings. The number of amides is 2. The van der Waals surface area contributed by atoms with Gasteiger partial charge in [0.1, 0.15) is 0 Å². The van der Waals surface area contributed by atoms with Crippen LogP contribution in [0.25, 0.3) is 0 Å². The van der Waals surface area contributed by atoms with Crippen molar-refractivity contribution >= 4 is 11.8 Å². The topological polar surface area (TPSA) is 126 Å². The third-order valence-electron chi connectivity index (χ3n) is 3.31. The molecular formula is C16H26N4O3. The Labute approximate surface area is 137 Å². The summed E-state index contributed by atoms with van der Waals surface area (Å²) in [4.78, 5) is 23.1. The molecule has 0 aliphatic carbocycles. The lowest BCUT2D eigenvalue weighted by Gasteiger charge is -2.16. The smallest absolute Gasteiger partial charge is 0.221 e. The fourth-order valence-electron chi connectivity index (χ4n) is 1.96. The zero-order valence-electron chi connectivity index (χ0n) is 13.8. The van der Waals surface area contributed by atoms with Crippen molar-refractivity contribution in [1.82, 2.24) is 10.6 Å². The second kappa shape index (κ2) is 12.4. The average Bonchev–Trinajstić information content (AvgIpc) is 2.52. The maximum absolute atomic E-state index is 11.6. The van der Waals surface area contributed by atoms with E-state index in [1.165, 1.54) is 0 Å². The summed E-state index contributed by atoms with van der Waals surface area (Å²) in [5, 5.41) is 32.0. The number of aliphatic hydroxyl groups excluding tert-OH is 1. The molecule has 0 aromatic rings. The summed E-state index contributed by atoms with van der Waals surface area (Å²) in [5.74, 6) is -1.02. The molecule has 7 nitrogen and oxygen atoms in total. The van der Waals surface area contributed by atoms with E-state index >= 15 is 0 Å². The first-order valence-electron chi connectivity index (χ1n) is 7.89. The molecule has 3 N–H and O–H groups in total. The van der Waals surface area contributed by atoms with E-state index in [4.69, 9.17) is 10.5 Å². The summed E-state index contributed by atoms with van der Waals surface area (Å²) in [6, 6.07) is 3.67. The van der Waals surface area contributed by atoms with Crippen LogP contribution in [0.2, 0.25) is 0 Å². The number of hydrogen-bond acceptors (Lipinski definition) is 5. The summed E-state index contributed by atoms with van der Waals surface area (Å²) in [6.45, 7) is 3.72. The normalized spacial score (nSPS) is 14.0. The largest absolute Gasteiger partial charge is 0.394 e. The van der Waals surface area contributed by atoms with Crippen molar-refractivity contribution in [3.8, 4) is 12.1 Å². The fourth-order valence-corrected chi connectivity index (χ4v) is 1.96. The number of hydrogen-bond donors (Lipinski definition) is 3. The van der Waals surface area contributed by atoms with Crippen LogP contribution >= 0.6 is 0 Å². The zero-order valence-corrected chi connectivity index (χ0v) is 13.8. The van der Waals surface area contributed by atoms with E-state index in [1.807, 2.05) is 12.1 Å². The van der Waals surface area contributed by atoms with Gasteiger partial charge in [-0.25, -0.2) is 0 Å². The number of carbonyl (C=O) groups is 2. The Kier molecular flexibility index (Phi) is 11.3. The van der Waals surface area contributed by atoms with Crippen LogP contribution in [0.15, 0.2) is 0 Å². The van der Waals surface area contributed by atoms with Crippen molar-refractivity contribution in [2.24, 2.45) is 11.8 Å². The Morgan fingerprint density at radius 2 is 1.61 bits per heavy atom. The van der Waals surface area contributed by atoms with Gasteiger partial charge in [0, 0.05) is 19.4 Å². The minimum absolute atomic E-state index is 0.125. The SMILES string of the molecule is C[C@@H](C#N)CC(=O)NCCCC[C@@H](CO)NC(=O)C[C@@H](C)C#N. The van der Waals surface area contributed by atoms with Gasteiger partial charge >= 0.3 is 0 Å². The summed E-state index contributed by atoms with van der Waals surface area (Å²) in [7, 11) is 0. The van der Waals surface area contributed by atoms with Crippen molar-refractivity contribution in [2.75, 3.05) is 13.2 Å². The van der Waals surface area contributed by atoms with E-state index in [1.54, 1.807) is 13.8 Å². The number of aliphatic hydroxyl groups is 1. The van der Waals surface area contributed by atoms with Gasteiger partial charge in [0.15, 0.2) is 0 Å². The van der Waals surface area contributed by atoms with Gasteiger partial charge in [-0.2, -0.15) is 10.5 Å². The van der Waals surface area contributed by atoms with E-state index in [-0.39, 0.29) is 49.1 Å². The summed E-state index contributed by atoms with van der Waals surface area (Å²) in [5.41, 5.74) is 0. The van der Waals surface area contributed by atoms with Crippen molar-refractivity contribution < 1.29 is 14.7 Å². The molecule has 3 atom stereocenters. The molecular weight excluding hydrogens is 296 g/mol. The molecule has 0 rings (SSSR count). The average molecular weight is 322 g/mol. The van der Waals surface area contributed by atoms with E-state index in [9.17, 15) is 14.7 Å². The predicted octanol–water partition coefficient (Wildman–Crippen LogP) is 0.850. The molecule has 0 aromatic heterocycles. The molecule has 0 aromatic carbocycles. The number of nitriles is 2. The molecule has 0 heterocycles. The molecule has 7 heteroatoms. The maximum Gasteiger partial charge on any atom is 0.221 e. The highest BCUT2D eigenvalue weighted by Crippen LogP contribution is 2.04. The predicted molar refractivity (Wildman–Crippen MR) is 84.7 cm³/mol. The second-order valence-electron chi connectivity index (χ2n) is 5.76. The molecule has 0 spiro atoms. The minimum atomic E-state index is -0.347. The lowest BCUT2D eigenvalue weighted by molar-refractivity contribution is -0.123. The summed E-state index contributed by atoms with van der Waals surface area (Å²) in [6.07, 6.45) is 2.40. The van der Waals surface area contributed by atoms with Gasteiger partial charge in [0.25, 0.3) is 0 Å². The van der Waals surface area contributed by atoms with Gasteiger partial charge in [-0.15, -0.1) is 0 Å². The number of rotatable bonds is 11. The summed E-state index contributed by atoms with van der Waals surface area (Å²) >= 11 is 0. The van der Waals surface area contributed by atoms with E-state index in [0.717, 1.165) is 12.8 Å². The molecule has 2 amide bonds. The first kappa shape index (κ1) is 20.9. The molecule has 0 unspecified atom stereocenters. The van der Waals surface area contributed by atoms with E-state index in [0.29, 0.717) is 13.0 Å². The van der Waals surface area contributed by atoms with Gasteiger partial charge in [0.2, 0.25) is 11.8 Å². The lowest BCUT2D eigenvalue weighted by Crippen LogP contribution is -2.38. The van der Waals surface area contributed by atoms with Crippen LogP contribution in [0.1, 0.15) is 46.0 Å². The quantitative estimate of drug-likeness (QED) is 0.486. The van der Waals surface area contributed by atoms with Crippen LogP contribution in [-0.2, 0) is 9.59 Å². The highest BCUT2D eigenvalue weighted by Gasteiger charge is 2.13. The number of nitrogens with one attached hydrogen (secondary N) is 2. The third kappa shape index (κ3) is 11.1. The van der Waals surface area contributed by atoms with Gasteiger partial charge in [0.05, 0.1) is 36.6 Å². The zero-order chi connectivity index (χ0) is 17.7. The maximum atomic E-state index is 11.6. The molecule has 0 saturated carbocycles. The van der Waals surface area contributed by atoms with Crippen LogP contribution in [-0.4, -0.2) is 36.1 Å². The Hall–Kier alpha value is -2.12. The number of nitrogens with zero attached hydrogens (tertiary/aromatic N) is 2. The minimum Gasteiger partial charge on any atom is -0.394 e. The molecule has 0 aliphatic rings. The van der Waals surface area contributed by atoms with Gasteiger partial charge < -0.3 is 15.7 Å². The lowest BCUT2D eigenvalue weighted by atomic mass is 10.1. The third-order valence-corrected chi connectivity index (χ3v) is 3.31. The Balaban J connectivity index is 3.84. The van der Waals surface area contributed by atoms with E-state index < -0.39 is 0 Å². The van der Waals surface area contributed by atoms with Crippen molar-refractivity contribution in [2.45, 2.75) is 52.0 Å². The Bertz CT molecular complexity index is 453. The number of unbranched alkanes of at least 4 members (excludes halogenated alkanes) is 1. The van der Waals surface area contributed by atoms with Gasteiger partial charge in [-0.05, 0) is 33.1 Å². The Morgan fingerprint density at radius 1 is 1.04 bits per heavy atom. The molecule has 0 aliphatic heterocycles. The van der Waals surface area contributed by atoms with Crippen LogP contribution in [0.5, 0.6) is 0 Å². The first-order chi connectivity index (χ1) is 10.9. The molecule has 0 bridgehead atoms. The van der Waals surface area contributed by atoms with Crippen molar-refractivity contribution in [3.63, 3.8) is 0 Å². The Morgan fingerprint density at radius 3 is 2.13 bits per heavy atom. The van der Waals surface area contributed by atoms with Crippen LogP contribution in [0.3, 0.4) is 0 Å². The second-order valence-corrected chi connectivity index (χ2v) is 5.76. The standard InChI is InChI=1S/C16H26N4O3/c1-12(9-17)7-15(22)19-6-4-3-5-14(11-21)20-16(23)8-13(2)10-18/h12-14,21H,3-8,11H2,1-2H3,(H,19,22)(H,20,23)/t12-,13-,14+/m1/s1. The molecule has 0 radical (unpaired) electrons. The van der Waals surface area contributed by atoms with Crippen LogP contribution < -0.4 is 10.6 Å². The molecule has 23 heavy (non-hydrogen) atoms. The highest BCUT2D eigenvalue weighted by atomic mass is 16.3. The molecule has 128 valence electrons. The number of carbonyl (C=O) groups excluding carboxylic acids is 2. The van der Waals surface area contributed by atoms with Gasteiger partial charge in [-0.1, -0.05) is 0 Å². The fraction of sp³-hybridized carbons (Fsp3) is 0.750.